The van der Waals surface area contributed by atoms with Gasteiger partial charge in [0.2, 0.25) is 10.0 Å². The van der Waals surface area contributed by atoms with Crippen LogP contribution in [0.3, 0.4) is 0 Å². The maximum absolute atomic E-state index is 13.6. The standard InChI is InChI=1S/C30H42N4O3.C2H7NO2S.3C2H6/c1-29(2,3)22-13-9-14-25(36-6)23(18-22)32-28(35)24-17-20-11-8-12-21(27(20)33(24)5)19-34-16-10-15-26(34)30(4,31)37-7;1-3-6(2,4)5;3*1-2/h8,11-14,17-18,26H,9-10,15-16,19,31H2,1-7H3,(H,32,35);3H,1-2H3;3*1-2H3. The molecule has 0 radical (unpaired) electrons. The summed E-state index contributed by atoms with van der Waals surface area (Å²) < 4.78 is 35.1. The SMILES string of the molecule is CC.CC.CC.CNS(C)(=O)=O.COC1=CCC=C(C(C)(C)C)C=C1NC(=O)c1cc2cccc(CN3CCCC3C(C)(N)OC)c2n1C. The molecular weight excluding hydrogens is 639 g/mol. The summed E-state index contributed by atoms with van der Waals surface area (Å²) in [6.07, 6.45) is 10.2. The number of hydrogen-bond donors (Lipinski definition) is 3. The molecule has 1 aromatic carbocycles. The molecule has 2 unspecified atom stereocenters. The Morgan fingerprint density at radius 3 is 2.14 bits per heavy atom. The highest BCUT2D eigenvalue weighted by atomic mass is 32.2. The van der Waals surface area contributed by atoms with Gasteiger partial charge in [0.25, 0.3) is 5.91 Å². The van der Waals surface area contributed by atoms with E-state index < -0.39 is 15.7 Å². The number of ether oxygens (including phenoxy) is 2. The first-order chi connectivity index (χ1) is 23.0. The molecule has 4 N–H and O–H groups in total. The Bertz CT molecular complexity index is 1510. The first kappa shape index (κ1) is 46.0. The number of nitrogens with one attached hydrogen (secondary N) is 2. The minimum Gasteiger partial charge on any atom is -0.495 e. The Morgan fingerprint density at radius 1 is 1.04 bits per heavy atom. The number of nitrogens with zero attached hydrogens (tertiary/aromatic N) is 2. The summed E-state index contributed by atoms with van der Waals surface area (Å²) in [5.74, 6) is 0.508. The molecule has 1 aliphatic carbocycles. The Labute approximate surface area is 298 Å². The zero-order valence-electron chi connectivity index (χ0n) is 33.1. The third-order valence-corrected chi connectivity index (χ3v) is 8.86. The summed E-state index contributed by atoms with van der Waals surface area (Å²) in [4.78, 5) is 16.0. The van der Waals surface area contributed by atoms with Crippen molar-refractivity contribution in [1.29, 1.82) is 0 Å². The van der Waals surface area contributed by atoms with Crippen LogP contribution in [0.1, 0.15) is 105 Å². The number of carbonyl (C=O) groups excluding carboxylic acids is 1. The van der Waals surface area contributed by atoms with E-state index in [1.54, 1.807) is 14.2 Å². The molecule has 49 heavy (non-hydrogen) atoms. The summed E-state index contributed by atoms with van der Waals surface area (Å²) in [5.41, 5.74) is 10.4. The molecule has 10 nitrogen and oxygen atoms in total. The molecule has 2 heterocycles. The predicted molar refractivity (Wildman–Crippen MR) is 207 cm³/mol. The van der Waals surface area contributed by atoms with Crippen LogP contribution < -0.4 is 15.8 Å². The van der Waals surface area contributed by atoms with Crippen molar-refractivity contribution in [2.24, 2.45) is 18.2 Å². The van der Waals surface area contributed by atoms with Crippen molar-refractivity contribution >= 4 is 26.8 Å². The lowest BCUT2D eigenvalue weighted by Gasteiger charge is -2.36. The van der Waals surface area contributed by atoms with Crippen LogP contribution in [0, 0.1) is 5.41 Å². The van der Waals surface area contributed by atoms with Crippen molar-refractivity contribution in [3.05, 3.63) is 70.8 Å². The van der Waals surface area contributed by atoms with E-state index >= 15 is 0 Å². The van der Waals surface area contributed by atoms with Gasteiger partial charge in [-0.1, -0.05) is 86.6 Å². The van der Waals surface area contributed by atoms with Crippen molar-refractivity contribution in [3.8, 4) is 0 Å². The van der Waals surface area contributed by atoms with Crippen LogP contribution in [0.4, 0.5) is 0 Å². The lowest BCUT2D eigenvalue weighted by molar-refractivity contribution is -0.0515. The van der Waals surface area contributed by atoms with Gasteiger partial charge in [0.05, 0.1) is 30.6 Å². The molecule has 2 aromatic rings. The normalized spacial score (nSPS) is 17.4. The lowest BCUT2D eigenvalue weighted by atomic mass is 9.85. The zero-order chi connectivity index (χ0) is 38.2. The quantitative estimate of drug-likeness (QED) is 0.247. The number of benzene rings is 1. The molecule has 11 heteroatoms. The fraction of sp³-hybridized carbons (Fsp3) is 0.605. The van der Waals surface area contributed by atoms with E-state index in [-0.39, 0.29) is 17.4 Å². The average molecular weight is 706 g/mol. The maximum atomic E-state index is 13.6. The third-order valence-electron chi connectivity index (χ3n) is 8.12. The van der Waals surface area contributed by atoms with E-state index in [4.69, 9.17) is 15.2 Å². The van der Waals surface area contributed by atoms with Gasteiger partial charge in [0, 0.05) is 26.1 Å². The fourth-order valence-electron chi connectivity index (χ4n) is 5.55. The summed E-state index contributed by atoms with van der Waals surface area (Å²) in [6, 6.07) is 8.36. The van der Waals surface area contributed by atoms with E-state index in [1.807, 2.05) is 78.3 Å². The molecule has 0 bridgehead atoms. The van der Waals surface area contributed by atoms with Crippen LogP contribution in [0.2, 0.25) is 0 Å². The van der Waals surface area contributed by atoms with Crippen molar-refractivity contribution in [2.75, 3.05) is 34.1 Å². The largest absolute Gasteiger partial charge is 0.495 e. The molecule has 280 valence electrons. The monoisotopic (exact) mass is 705 g/mol. The first-order valence-electron chi connectivity index (χ1n) is 17.5. The Kier molecular flexibility index (Phi) is 20.0. The van der Waals surface area contributed by atoms with Gasteiger partial charge < -0.3 is 25.1 Å². The number of para-hydroxylation sites is 1. The molecule has 4 rings (SSSR count). The number of allylic oxidation sites excluding steroid dienone is 4. The second-order valence-electron chi connectivity index (χ2n) is 12.4. The van der Waals surface area contributed by atoms with Gasteiger partial charge >= 0.3 is 0 Å². The van der Waals surface area contributed by atoms with Gasteiger partial charge in [-0.15, -0.1) is 0 Å². The van der Waals surface area contributed by atoms with Crippen LogP contribution in [0.25, 0.3) is 10.9 Å². The maximum Gasteiger partial charge on any atom is 0.272 e. The number of sulfonamides is 1. The van der Waals surface area contributed by atoms with Crippen molar-refractivity contribution in [1.82, 2.24) is 19.5 Å². The van der Waals surface area contributed by atoms with Gasteiger partial charge in [0.15, 0.2) is 0 Å². The summed E-state index contributed by atoms with van der Waals surface area (Å²) in [7, 11) is 3.73. The topological polar surface area (TPSA) is 128 Å². The van der Waals surface area contributed by atoms with Crippen LogP contribution in [0.5, 0.6) is 0 Å². The highest BCUT2D eigenvalue weighted by Gasteiger charge is 2.38. The number of rotatable bonds is 8. The number of likely N-dealkylation sites (tertiary alicyclic amines) is 1. The Balaban J connectivity index is 0.00000169. The van der Waals surface area contributed by atoms with E-state index in [9.17, 15) is 13.2 Å². The highest BCUT2D eigenvalue weighted by Crippen LogP contribution is 2.32. The van der Waals surface area contributed by atoms with E-state index in [2.05, 4.69) is 60.0 Å². The summed E-state index contributed by atoms with van der Waals surface area (Å²) >= 11 is 0. The molecule has 1 saturated heterocycles. The number of aromatic nitrogens is 1. The van der Waals surface area contributed by atoms with E-state index in [1.165, 1.54) is 12.6 Å². The molecular formula is C38H67N5O5S. The highest BCUT2D eigenvalue weighted by molar-refractivity contribution is 7.88. The fourth-order valence-corrected chi connectivity index (χ4v) is 5.55. The number of carbonyl (C=O) groups is 1. The van der Waals surface area contributed by atoms with Gasteiger partial charge in [-0.3, -0.25) is 9.69 Å². The number of methoxy groups -OCH3 is 2. The second-order valence-corrected chi connectivity index (χ2v) is 14.3. The first-order valence-corrected chi connectivity index (χ1v) is 19.4. The molecule has 1 amide bonds. The van der Waals surface area contributed by atoms with E-state index in [0.29, 0.717) is 17.2 Å². The molecule has 0 saturated carbocycles. The van der Waals surface area contributed by atoms with Crippen LogP contribution >= 0.6 is 0 Å². The molecule has 2 atom stereocenters. The molecule has 2 aliphatic rings. The number of hydrogen-bond acceptors (Lipinski definition) is 7. The summed E-state index contributed by atoms with van der Waals surface area (Å²) in [6.45, 7) is 22.2. The van der Waals surface area contributed by atoms with Crippen molar-refractivity contribution in [3.63, 3.8) is 0 Å². The lowest BCUT2D eigenvalue weighted by Crippen LogP contribution is -2.55. The summed E-state index contributed by atoms with van der Waals surface area (Å²) in [5, 5.41) is 4.17. The number of fused-ring (bicyclic) bond motifs is 1. The average Bonchev–Trinajstić information content (AvgIpc) is 3.62. The number of nitrogens with two attached hydrogens (primary N) is 1. The van der Waals surface area contributed by atoms with Gasteiger partial charge in [-0.05, 0) is 74.5 Å². The number of amides is 1. The third kappa shape index (κ3) is 13.4. The van der Waals surface area contributed by atoms with Crippen LogP contribution in [0.15, 0.2) is 59.5 Å². The smallest absolute Gasteiger partial charge is 0.272 e. The van der Waals surface area contributed by atoms with Gasteiger partial charge in [0.1, 0.15) is 17.2 Å². The second kappa shape index (κ2) is 21.3. The van der Waals surface area contributed by atoms with Gasteiger partial charge in [-0.25, -0.2) is 13.1 Å². The minimum atomic E-state index is -2.91. The van der Waals surface area contributed by atoms with E-state index in [0.717, 1.165) is 55.1 Å². The number of aryl methyl sites for hydroxylation is 1. The molecule has 1 aliphatic heterocycles. The van der Waals surface area contributed by atoms with Crippen LogP contribution in [-0.2, 0) is 33.1 Å². The molecule has 1 aromatic heterocycles. The Hall–Kier alpha value is -2.96. The minimum absolute atomic E-state index is 0.0442. The van der Waals surface area contributed by atoms with Crippen LogP contribution in [-0.4, -0.2) is 69.6 Å². The Morgan fingerprint density at radius 2 is 1.63 bits per heavy atom. The zero-order valence-corrected chi connectivity index (χ0v) is 33.9. The molecule has 1 fully saturated rings. The van der Waals surface area contributed by atoms with Crippen molar-refractivity contribution in [2.45, 2.75) is 107 Å². The molecule has 0 spiro atoms. The van der Waals surface area contributed by atoms with Gasteiger partial charge in [-0.2, -0.15) is 0 Å². The van der Waals surface area contributed by atoms with Crippen molar-refractivity contribution < 1.29 is 22.7 Å². The predicted octanol–water partition coefficient (Wildman–Crippen LogP) is 7.23.